The Kier molecular flexibility index (Phi) is 3.60. The fourth-order valence-corrected chi connectivity index (χ4v) is 2.41. The Morgan fingerprint density at radius 2 is 2.29 bits per heavy atom. The van der Waals surface area contributed by atoms with Crippen molar-refractivity contribution in [2.24, 2.45) is 0 Å². The SMILES string of the molecule is CCn1cc(CNc2cc3c(cc2F)NC(=O)CC3)cn1. The number of carbonyl (C=O) groups excluding carboxylic acids is 1. The fraction of sp³-hybridized carbons (Fsp3) is 0.333. The summed E-state index contributed by atoms with van der Waals surface area (Å²) in [5, 5.41) is 9.96. The van der Waals surface area contributed by atoms with Gasteiger partial charge in [0.05, 0.1) is 11.9 Å². The first-order chi connectivity index (χ1) is 10.2. The van der Waals surface area contributed by atoms with Gasteiger partial charge in [0.25, 0.3) is 0 Å². The largest absolute Gasteiger partial charge is 0.378 e. The molecule has 0 bridgehead atoms. The van der Waals surface area contributed by atoms with Gasteiger partial charge in [0, 0.05) is 37.0 Å². The second-order valence-electron chi connectivity index (χ2n) is 5.10. The summed E-state index contributed by atoms with van der Waals surface area (Å²) in [6.07, 6.45) is 4.79. The normalized spacial score (nSPS) is 13.7. The third-order valence-corrected chi connectivity index (χ3v) is 3.58. The summed E-state index contributed by atoms with van der Waals surface area (Å²) in [5.74, 6) is -0.423. The average Bonchev–Trinajstić information content (AvgIpc) is 2.93. The van der Waals surface area contributed by atoms with E-state index in [1.165, 1.54) is 6.07 Å². The van der Waals surface area contributed by atoms with E-state index in [4.69, 9.17) is 0 Å². The van der Waals surface area contributed by atoms with Crippen LogP contribution in [0.3, 0.4) is 0 Å². The summed E-state index contributed by atoms with van der Waals surface area (Å²) in [4.78, 5) is 11.3. The Labute approximate surface area is 122 Å². The van der Waals surface area contributed by atoms with E-state index < -0.39 is 0 Å². The molecule has 0 saturated heterocycles. The highest BCUT2D eigenvalue weighted by Crippen LogP contribution is 2.28. The van der Waals surface area contributed by atoms with Crippen molar-refractivity contribution in [3.05, 3.63) is 41.5 Å². The van der Waals surface area contributed by atoms with Crippen molar-refractivity contribution in [2.45, 2.75) is 32.9 Å². The zero-order valence-electron chi connectivity index (χ0n) is 11.8. The Hall–Kier alpha value is -2.37. The van der Waals surface area contributed by atoms with Crippen molar-refractivity contribution in [3.8, 4) is 0 Å². The average molecular weight is 288 g/mol. The van der Waals surface area contributed by atoms with Gasteiger partial charge in [0.1, 0.15) is 5.82 Å². The zero-order valence-corrected chi connectivity index (χ0v) is 11.8. The van der Waals surface area contributed by atoms with Crippen LogP contribution in [0.5, 0.6) is 0 Å². The van der Waals surface area contributed by atoms with Crippen LogP contribution in [0.4, 0.5) is 15.8 Å². The molecule has 1 aromatic carbocycles. The molecule has 0 radical (unpaired) electrons. The summed E-state index contributed by atoms with van der Waals surface area (Å²) in [7, 11) is 0. The van der Waals surface area contributed by atoms with Crippen LogP contribution < -0.4 is 10.6 Å². The third-order valence-electron chi connectivity index (χ3n) is 3.58. The number of hydrogen-bond acceptors (Lipinski definition) is 3. The number of aryl methyl sites for hydroxylation is 2. The molecule has 0 aliphatic carbocycles. The van der Waals surface area contributed by atoms with Crippen LogP contribution >= 0.6 is 0 Å². The van der Waals surface area contributed by atoms with Crippen molar-refractivity contribution in [1.82, 2.24) is 9.78 Å². The van der Waals surface area contributed by atoms with Gasteiger partial charge in [0.15, 0.2) is 0 Å². The molecule has 0 saturated carbocycles. The van der Waals surface area contributed by atoms with Crippen LogP contribution in [0.2, 0.25) is 0 Å². The quantitative estimate of drug-likeness (QED) is 0.909. The predicted octanol–water partition coefficient (Wildman–Crippen LogP) is 2.54. The molecule has 0 atom stereocenters. The zero-order chi connectivity index (χ0) is 14.8. The van der Waals surface area contributed by atoms with E-state index in [2.05, 4.69) is 15.7 Å². The van der Waals surface area contributed by atoms with E-state index in [1.54, 1.807) is 12.3 Å². The molecular formula is C15H17FN4O. The van der Waals surface area contributed by atoms with Crippen molar-refractivity contribution < 1.29 is 9.18 Å². The molecule has 2 aromatic rings. The number of amides is 1. The van der Waals surface area contributed by atoms with Gasteiger partial charge in [-0.2, -0.15) is 5.10 Å². The van der Waals surface area contributed by atoms with Gasteiger partial charge in [-0.25, -0.2) is 4.39 Å². The van der Waals surface area contributed by atoms with Crippen molar-refractivity contribution >= 4 is 17.3 Å². The van der Waals surface area contributed by atoms with Gasteiger partial charge in [-0.05, 0) is 31.0 Å². The second-order valence-corrected chi connectivity index (χ2v) is 5.10. The topological polar surface area (TPSA) is 59.0 Å². The lowest BCUT2D eigenvalue weighted by atomic mass is 10.0. The van der Waals surface area contributed by atoms with Crippen LogP contribution in [-0.4, -0.2) is 15.7 Å². The minimum absolute atomic E-state index is 0.0606. The van der Waals surface area contributed by atoms with Gasteiger partial charge in [-0.1, -0.05) is 0 Å². The minimum Gasteiger partial charge on any atom is -0.378 e. The molecule has 1 aliphatic rings. The number of halogens is 1. The molecule has 1 aromatic heterocycles. The number of aromatic nitrogens is 2. The second kappa shape index (κ2) is 5.55. The molecule has 1 aliphatic heterocycles. The Morgan fingerprint density at radius 3 is 3.05 bits per heavy atom. The molecule has 6 heteroatoms. The summed E-state index contributed by atoms with van der Waals surface area (Å²) in [5.41, 5.74) is 2.99. The molecule has 3 rings (SSSR count). The van der Waals surface area contributed by atoms with Crippen molar-refractivity contribution in [3.63, 3.8) is 0 Å². The lowest BCUT2D eigenvalue weighted by molar-refractivity contribution is -0.116. The lowest BCUT2D eigenvalue weighted by Crippen LogP contribution is -2.19. The summed E-state index contributed by atoms with van der Waals surface area (Å²) in [6.45, 7) is 3.34. The number of benzene rings is 1. The number of nitrogens with zero attached hydrogens (tertiary/aromatic N) is 2. The summed E-state index contributed by atoms with van der Waals surface area (Å²) >= 11 is 0. The number of fused-ring (bicyclic) bond motifs is 1. The van der Waals surface area contributed by atoms with E-state index >= 15 is 0 Å². The maximum absolute atomic E-state index is 14.0. The first-order valence-electron chi connectivity index (χ1n) is 7.03. The third kappa shape index (κ3) is 2.89. The Balaban J connectivity index is 1.75. The van der Waals surface area contributed by atoms with Crippen molar-refractivity contribution in [1.29, 1.82) is 0 Å². The smallest absolute Gasteiger partial charge is 0.224 e. The van der Waals surface area contributed by atoms with Crippen LogP contribution in [0.15, 0.2) is 24.5 Å². The summed E-state index contributed by atoms with van der Waals surface area (Å²) < 4.78 is 15.9. The summed E-state index contributed by atoms with van der Waals surface area (Å²) in [6, 6.07) is 3.15. The molecule has 0 unspecified atom stereocenters. The fourth-order valence-electron chi connectivity index (χ4n) is 2.41. The van der Waals surface area contributed by atoms with E-state index in [0.29, 0.717) is 30.8 Å². The number of carbonyl (C=O) groups is 1. The molecule has 1 amide bonds. The monoisotopic (exact) mass is 288 g/mol. The Bertz CT molecular complexity index is 680. The first kappa shape index (κ1) is 13.6. The molecular weight excluding hydrogens is 271 g/mol. The highest BCUT2D eigenvalue weighted by Gasteiger charge is 2.17. The molecule has 110 valence electrons. The highest BCUT2D eigenvalue weighted by atomic mass is 19.1. The number of hydrogen-bond donors (Lipinski definition) is 2. The van der Waals surface area contributed by atoms with E-state index in [1.807, 2.05) is 17.8 Å². The van der Waals surface area contributed by atoms with E-state index in [9.17, 15) is 9.18 Å². The van der Waals surface area contributed by atoms with Gasteiger partial charge < -0.3 is 10.6 Å². The van der Waals surface area contributed by atoms with Crippen LogP contribution in [0.1, 0.15) is 24.5 Å². The van der Waals surface area contributed by atoms with Gasteiger partial charge in [-0.3, -0.25) is 9.48 Å². The lowest BCUT2D eigenvalue weighted by Gasteiger charge is -2.18. The molecule has 5 nitrogen and oxygen atoms in total. The van der Waals surface area contributed by atoms with Crippen LogP contribution in [0.25, 0.3) is 0 Å². The number of nitrogens with one attached hydrogen (secondary N) is 2. The molecule has 2 heterocycles. The minimum atomic E-state index is -0.362. The molecule has 0 fully saturated rings. The van der Waals surface area contributed by atoms with Crippen molar-refractivity contribution in [2.75, 3.05) is 10.6 Å². The van der Waals surface area contributed by atoms with Crippen LogP contribution in [-0.2, 0) is 24.3 Å². The number of rotatable bonds is 4. The highest BCUT2D eigenvalue weighted by molar-refractivity contribution is 5.94. The molecule has 2 N–H and O–H groups in total. The van der Waals surface area contributed by atoms with E-state index in [-0.39, 0.29) is 11.7 Å². The molecule has 0 spiro atoms. The van der Waals surface area contributed by atoms with Gasteiger partial charge >= 0.3 is 0 Å². The van der Waals surface area contributed by atoms with Gasteiger partial charge in [-0.15, -0.1) is 0 Å². The van der Waals surface area contributed by atoms with Crippen LogP contribution in [0, 0.1) is 5.82 Å². The van der Waals surface area contributed by atoms with Gasteiger partial charge in [0.2, 0.25) is 5.91 Å². The molecule has 21 heavy (non-hydrogen) atoms. The maximum Gasteiger partial charge on any atom is 0.224 e. The predicted molar refractivity (Wildman–Crippen MR) is 78.6 cm³/mol. The maximum atomic E-state index is 14.0. The first-order valence-corrected chi connectivity index (χ1v) is 7.03. The number of anilines is 2. The van der Waals surface area contributed by atoms with E-state index in [0.717, 1.165) is 17.7 Å². The standard InChI is InChI=1S/C15H17FN4O/c1-2-20-9-10(8-18-20)7-17-14-5-11-3-4-15(21)19-13(11)6-12(14)16/h5-6,8-9,17H,2-4,7H2,1H3,(H,19,21). The Morgan fingerprint density at radius 1 is 1.43 bits per heavy atom.